The molecule has 1 saturated carbocycles. The molecule has 1 saturated heterocycles. The lowest BCUT2D eigenvalue weighted by atomic mass is 9.84. The Morgan fingerprint density at radius 1 is 1.32 bits per heavy atom. The Hall–Kier alpha value is -1.40. The molecular weight excluding hydrogens is 316 g/mol. The number of aryl methyl sites for hydroxylation is 2. The van der Waals surface area contributed by atoms with Crippen molar-refractivity contribution in [2.24, 2.45) is 0 Å². The third kappa shape index (κ3) is 5.54. The molecule has 1 amide bonds. The summed E-state index contributed by atoms with van der Waals surface area (Å²) >= 11 is 0. The number of carbonyl (C=O) groups excluding carboxylic acids is 1. The molecule has 1 aromatic heterocycles. The van der Waals surface area contributed by atoms with Crippen molar-refractivity contribution in [1.29, 1.82) is 0 Å². The van der Waals surface area contributed by atoms with Crippen molar-refractivity contribution >= 4 is 5.91 Å². The van der Waals surface area contributed by atoms with Crippen LogP contribution in [0.1, 0.15) is 56.9 Å². The summed E-state index contributed by atoms with van der Waals surface area (Å²) in [6, 6.07) is 0.268. The van der Waals surface area contributed by atoms with Gasteiger partial charge in [0, 0.05) is 44.8 Å². The maximum Gasteiger partial charge on any atom is 0.222 e. The van der Waals surface area contributed by atoms with Crippen LogP contribution >= 0.6 is 0 Å². The summed E-state index contributed by atoms with van der Waals surface area (Å²) in [5.74, 6) is 0.109. The van der Waals surface area contributed by atoms with Gasteiger partial charge in [-0.1, -0.05) is 19.3 Å². The molecule has 3 rings (SSSR count). The molecule has 6 nitrogen and oxygen atoms in total. The minimum atomic E-state index is -0.476. The molecule has 0 atom stereocenters. The molecule has 2 aliphatic rings. The van der Waals surface area contributed by atoms with E-state index in [4.69, 9.17) is 0 Å². The van der Waals surface area contributed by atoms with E-state index in [1.165, 1.54) is 6.42 Å². The normalized spacial score (nSPS) is 22.0. The molecule has 25 heavy (non-hydrogen) atoms. The lowest BCUT2D eigenvalue weighted by Gasteiger charge is -2.40. The quantitative estimate of drug-likeness (QED) is 0.823. The van der Waals surface area contributed by atoms with Crippen LogP contribution in [0.4, 0.5) is 0 Å². The Bertz CT molecular complexity index is 558. The van der Waals surface area contributed by atoms with E-state index in [0.29, 0.717) is 13.0 Å². The van der Waals surface area contributed by atoms with Crippen molar-refractivity contribution in [2.45, 2.75) is 76.5 Å². The highest BCUT2D eigenvalue weighted by molar-refractivity contribution is 5.76. The van der Waals surface area contributed by atoms with Crippen LogP contribution in [-0.4, -0.2) is 57.0 Å². The maximum atomic E-state index is 12.1. The van der Waals surface area contributed by atoms with Crippen molar-refractivity contribution in [1.82, 2.24) is 20.0 Å². The third-order valence-corrected chi connectivity index (χ3v) is 5.59. The molecule has 0 spiro atoms. The maximum absolute atomic E-state index is 12.1. The highest BCUT2D eigenvalue weighted by Crippen LogP contribution is 2.29. The molecule has 0 aromatic carbocycles. The molecule has 2 N–H and O–H groups in total. The Labute approximate surface area is 150 Å². The molecule has 6 heteroatoms. The fourth-order valence-electron chi connectivity index (χ4n) is 4.12. The molecule has 2 fully saturated rings. The number of amides is 1. The Morgan fingerprint density at radius 2 is 2.04 bits per heavy atom. The van der Waals surface area contributed by atoms with E-state index in [1.54, 1.807) is 0 Å². The van der Waals surface area contributed by atoms with Crippen LogP contribution in [-0.2, 0) is 11.3 Å². The number of nitrogens with zero attached hydrogens (tertiary/aromatic N) is 3. The van der Waals surface area contributed by atoms with Crippen LogP contribution < -0.4 is 5.32 Å². The number of aliphatic hydroxyl groups is 1. The second kappa shape index (κ2) is 8.32. The number of nitrogens with one attached hydrogen (secondary N) is 1. The number of hydrogen-bond donors (Lipinski definition) is 2. The fourth-order valence-corrected chi connectivity index (χ4v) is 4.12. The minimum Gasteiger partial charge on any atom is -0.389 e. The van der Waals surface area contributed by atoms with Crippen molar-refractivity contribution in [3.05, 3.63) is 18.0 Å². The zero-order valence-corrected chi connectivity index (χ0v) is 15.4. The van der Waals surface area contributed by atoms with Gasteiger partial charge in [0.25, 0.3) is 0 Å². The number of likely N-dealkylation sites (tertiary alicyclic amines) is 1. The monoisotopic (exact) mass is 348 g/mol. The van der Waals surface area contributed by atoms with E-state index in [2.05, 4.69) is 15.3 Å². The second-order valence-corrected chi connectivity index (χ2v) is 7.93. The van der Waals surface area contributed by atoms with Gasteiger partial charge in [0.1, 0.15) is 0 Å². The predicted molar refractivity (Wildman–Crippen MR) is 97.2 cm³/mol. The molecular formula is C19H32N4O2. The first-order chi connectivity index (χ1) is 12.0. The molecule has 1 aliphatic carbocycles. The first-order valence-electron chi connectivity index (χ1n) is 9.76. The molecule has 2 heterocycles. The Morgan fingerprint density at radius 3 is 2.68 bits per heavy atom. The zero-order chi connectivity index (χ0) is 17.7. The van der Waals surface area contributed by atoms with Gasteiger partial charge in [-0.15, -0.1) is 0 Å². The molecule has 0 bridgehead atoms. The minimum absolute atomic E-state index is 0.109. The number of rotatable bonds is 6. The second-order valence-electron chi connectivity index (χ2n) is 7.93. The van der Waals surface area contributed by atoms with Gasteiger partial charge in [-0.2, -0.15) is 5.10 Å². The highest BCUT2D eigenvalue weighted by Gasteiger charge is 2.32. The van der Waals surface area contributed by atoms with Gasteiger partial charge in [-0.05, 0) is 38.2 Å². The third-order valence-electron chi connectivity index (χ3n) is 5.59. The number of β-amino-alcohol motifs (C(OH)–C–C–N with tert-alkyl or cyclic N) is 1. The van der Waals surface area contributed by atoms with Crippen molar-refractivity contribution in [3.8, 4) is 0 Å². The average Bonchev–Trinajstić information content (AvgIpc) is 3.01. The van der Waals surface area contributed by atoms with Gasteiger partial charge in [-0.25, -0.2) is 0 Å². The molecule has 0 unspecified atom stereocenters. The van der Waals surface area contributed by atoms with Crippen LogP contribution in [0.25, 0.3) is 0 Å². The summed E-state index contributed by atoms with van der Waals surface area (Å²) in [5.41, 5.74) is 0.642. The van der Waals surface area contributed by atoms with Gasteiger partial charge in [0.15, 0.2) is 0 Å². The predicted octanol–water partition coefficient (Wildman–Crippen LogP) is 1.86. The van der Waals surface area contributed by atoms with Crippen molar-refractivity contribution in [2.75, 3.05) is 19.6 Å². The Balaban J connectivity index is 1.35. The summed E-state index contributed by atoms with van der Waals surface area (Å²) in [6.45, 7) is 5.36. The summed E-state index contributed by atoms with van der Waals surface area (Å²) in [7, 11) is 0. The van der Waals surface area contributed by atoms with Crippen LogP contribution in [0.5, 0.6) is 0 Å². The lowest BCUT2D eigenvalue weighted by molar-refractivity contribution is -0.122. The molecule has 140 valence electrons. The van der Waals surface area contributed by atoms with Crippen LogP contribution in [0, 0.1) is 6.92 Å². The molecule has 0 radical (unpaired) electrons. The SMILES string of the molecule is Cc1cnn(CCC(=O)NC2CCN(CC3(O)CCCCC3)CC2)c1. The standard InChI is InChI=1S/C19H32N4O2/c1-16-13-20-23(14-16)12-7-18(24)21-17-5-10-22(11-6-17)15-19(25)8-3-2-4-9-19/h13-14,17,25H,2-12,15H2,1H3,(H,21,24). The fraction of sp³-hybridized carbons (Fsp3) is 0.789. The number of carbonyl (C=O) groups is 1. The van der Waals surface area contributed by atoms with Gasteiger partial charge < -0.3 is 15.3 Å². The zero-order valence-electron chi connectivity index (χ0n) is 15.4. The van der Waals surface area contributed by atoms with Gasteiger partial charge in [0.2, 0.25) is 5.91 Å². The summed E-state index contributed by atoms with van der Waals surface area (Å²) in [4.78, 5) is 14.5. The Kier molecular flexibility index (Phi) is 6.12. The van der Waals surface area contributed by atoms with E-state index in [1.807, 2.05) is 24.0 Å². The number of hydrogen-bond acceptors (Lipinski definition) is 4. The first kappa shape index (κ1) is 18.4. The highest BCUT2D eigenvalue weighted by atomic mass is 16.3. The summed E-state index contributed by atoms with van der Waals surface area (Å²) < 4.78 is 1.82. The van der Waals surface area contributed by atoms with Crippen LogP contribution in [0.2, 0.25) is 0 Å². The lowest BCUT2D eigenvalue weighted by Crippen LogP contribution is -2.50. The van der Waals surface area contributed by atoms with Gasteiger partial charge in [0.05, 0.1) is 11.8 Å². The van der Waals surface area contributed by atoms with Crippen molar-refractivity contribution in [3.63, 3.8) is 0 Å². The van der Waals surface area contributed by atoms with E-state index in [9.17, 15) is 9.90 Å². The van der Waals surface area contributed by atoms with Crippen LogP contribution in [0.3, 0.4) is 0 Å². The van der Waals surface area contributed by atoms with E-state index in [-0.39, 0.29) is 11.9 Å². The van der Waals surface area contributed by atoms with E-state index < -0.39 is 5.60 Å². The van der Waals surface area contributed by atoms with Gasteiger partial charge in [-0.3, -0.25) is 9.48 Å². The number of piperidine rings is 1. The van der Waals surface area contributed by atoms with E-state index >= 15 is 0 Å². The molecule has 1 aliphatic heterocycles. The average molecular weight is 348 g/mol. The van der Waals surface area contributed by atoms with Crippen molar-refractivity contribution < 1.29 is 9.90 Å². The topological polar surface area (TPSA) is 70.4 Å². The molecule has 1 aromatic rings. The summed E-state index contributed by atoms with van der Waals surface area (Å²) in [5, 5.41) is 18.1. The smallest absolute Gasteiger partial charge is 0.222 e. The summed E-state index contributed by atoms with van der Waals surface area (Å²) in [6.07, 6.45) is 11.6. The largest absolute Gasteiger partial charge is 0.389 e. The van der Waals surface area contributed by atoms with Gasteiger partial charge >= 0.3 is 0 Å². The first-order valence-corrected chi connectivity index (χ1v) is 9.76. The van der Waals surface area contributed by atoms with E-state index in [0.717, 1.165) is 63.7 Å². The number of aromatic nitrogens is 2. The van der Waals surface area contributed by atoms with Crippen LogP contribution in [0.15, 0.2) is 12.4 Å².